The van der Waals surface area contributed by atoms with Crippen LogP contribution in [0.25, 0.3) is 0 Å². The number of halogens is 2. The zero-order valence-electron chi connectivity index (χ0n) is 12.9. The molecule has 0 aliphatic heterocycles. The summed E-state index contributed by atoms with van der Waals surface area (Å²) in [5.41, 5.74) is 1.17. The number of ether oxygens (including phenoxy) is 1. The molecule has 0 bridgehead atoms. The van der Waals surface area contributed by atoms with E-state index in [-0.39, 0.29) is 23.7 Å². The van der Waals surface area contributed by atoms with Crippen molar-refractivity contribution in [1.82, 2.24) is 5.32 Å². The topological polar surface area (TPSA) is 67.4 Å². The molecule has 126 valence electrons. The first-order chi connectivity index (χ1) is 11.5. The standard InChI is InChI=1S/C17H16ClFN2O3/c1-2-24-16(22)13-5-3-4-6-15(13)21-17(23)20-10-11-7-8-12(19)9-14(11)18/h3-9H,2,10H2,1H3,(H2,20,21,23). The number of esters is 1. The van der Waals surface area contributed by atoms with Crippen LogP contribution in [0.1, 0.15) is 22.8 Å². The van der Waals surface area contributed by atoms with Crippen LogP contribution < -0.4 is 10.6 Å². The summed E-state index contributed by atoms with van der Waals surface area (Å²) < 4.78 is 17.9. The number of hydrogen-bond acceptors (Lipinski definition) is 3. The number of carbonyl (C=O) groups excluding carboxylic acids is 2. The Morgan fingerprint density at radius 2 is 1.96 bits per heavy atom. The summed E-state index contributed by atoms with van der Waals surface area (Å²) in [6, 6.07) is 9.92. The molecule has 0 atom stereocenters. The van der Waals surface area contributed by atoms with Crippen molar-refractivity contribution < 1.29 is 18.7 Å². The van der Waals surface area contributed by atoms with Crippen LogP contribution in [-0.4, -0.2) is 18.6 Å². The van der Waals surface area contributed by atoms with Crippen LogP contribution in [0.5, 0.6) is 0 Å². The minimum Gasteiger partial charge on any atom is -0.462 e. The molecule has 2 aromatic rings. The van der Waals surface area contributed by atoms with Gasteiger partial charge in [-0.1, -0.05) is 29.8 Å². The van der Waals surface area contributed by atoms with Crippen LogP contribution in [0.2, 0.25) is 5.02 Å². The largest absolute Gasteiger partial charge is 0.462 e. The van der Waals surface area contributed by atoms with Crippen molar-refractivity contribution in [2.45, 2.75) is 13.5 Å². The lowest BCUT2D eigenvalue weighted by atomic mass is 10.2. The van der Waals surface area contributed by atoms with Crippen molar-refractivity contribution in [2.75, 3.05) is 11.9 Å². The van der Waals surface area contributed by atoms with Gasteiger partial charge in [0.1, 0.15) is 5.82 Å². The SMILES string of the molecule is CCOC(=O)c1ccccc1NC(=O)NCc1ccc(F)cc1Cl. The van der Waals surface area contributed by atoms with Gasteiger partial charge in [-0.2, -0.15) is 0 Å². The fourth-order valence-corrected chi connectivity index (χ4v) is 2.22. The van der Waals surface area contributed by atoms with E-state index in [0.29, 0.717) is 11.3 Å². The number of amides is 2. The van der Waals surface area contributed by atoms with Crippen LogP contribution in [0.15, 0.2) is 42.5 Å². The number of para-hydroxylation sites is 1. The smallest absolute Gasteiger partial charge is 0.340 e. The third-order valence-electron chi connectivity index (χ3n) is 3.13. The second-order valence-corrected chi connectivity index (χ2v) is 5.22. The zero-order valence-corrected chi connectivity index (χ0v) is 13.7. The van der Waals surface area contributed by atoms with Gasteiger partial charge in [-0.3, -0.25) is 0 Å². The first kappa shape index (κ1) is 17.7. The summed E-state index contributed by atoms with van der Waals surface area (Å²) >= 11 is 5.90. The first-order valence-corrected chi connectivity index (χ1v) is 7.64. The highest BCUT2D eigenvalue weighted by Gasteiger charge is 2.14. The fraction of sp³-hybridized carbons (Fsp3) is 0.176. The normalized spacial score (nSPS) is 10.1. The van der Waals surface area contributed by atoms with Crippen molar-refractivity contribution in [3.05, 3.63) is 64.4 Å². The number of anilines is 1. The zero-order chi connectivity index (χ0) is 17.5. The van der Waals surface area contributed by atoms with Gasteiger partial charge in [0.2, 0.25) is 0 Å². The summed E-state index contributed by atoms with van der Waals surface area (Å²) in [4.78, 5) is 23.9. The summed E-state index contributed by atoms with van der Waals surface area (Å²) in [7, 11) is 0. The van der Waals surface area contributed by atoms with E-state index in [1.807, 2.05) is 0 Å². The van der Waals surface area contributed by atoms with Crippen molar-refractivity contribution >= 4 is 29.3 Å². The molecule has 0 aliphatic carbocycles. The molecule has 24 heavy (non-hydrogen) atoms. The molecule has 0 unspecified atom stereocenters. The van der Waals surface area contributed by atoms with Gasteiger partial charge >= 0.3 is 12.0 Å². The molecular formula is C17H16ClFN2O3. The lowest BCUT2D eigenvalue weighted by Gasteiger charge is -2.12. The van der Waals surface area contributed by atoms with Crippen molar-refractivity contribution in [3.63, 3.8) is 0 Å². The Kier molecular flexibility index (Phi) is 6.14. The Morgan fingerprint density at radius 3 is 2.67 bits per heavy atom. The first-order valence-electron chi connectivity index (χ1n) is 7.26. The van der Waals surface area contributed by atoms with Gasteiger partial charge in [-0.05, 0) is 36.8 Å². The van der Waals surface area contributed by atoms with Gasteiger partial charge in [0.05, 0.1) is 17.9 Å². The Morgan fingerprint density at radius 1 is 1.21 bits per heavy atom. The number of hydrogen-bond donors (Lipinski definition) is 2. The molecule has 2 rings (SSSR count). The molecule has 2 aromatic carbocycles. The van der Waals surface area contributed by atoms with E-state index >= 15 is 0 Å². The quantitative estimate of drug-likeness (QED) is 0.801. The van der Waals surface area contributed by atoms with Crippen LogP contribution in [0.4, 0.5) is 14.9 Å². The molecule has 7 heteroatoms. The van der Waals surface area contributed by atoms with E-state index in [4.69, 9.17) is 16.3 Å². The summed E-state index contributed by atoms with van der Waals surface area (Å²) in [5.74, 6) is -0.966. The second kappa shape index (κ2) is 8.31. The molecule has 5 nitrogen and oxygen atoms in total. The number of carbonyl (C=O) groups is 2. The fourth-order valence-electron chi connectivity index (χ4n) is 1.99. The van der Waals surface area contributed by atoms with E-state index in [1.165, 1.54) is 18.2 Å². The monoisotopic (exact) mass is 350 g/mol. The van der Waals surface area contributed by atoms with Crippen LogP contribution in [0, 0.1) is 5.82 Å². The van der Waals surface area contributed by atoms with Gasteiger partial charge < -0.3 is 15.4 Å². The minimum atomic E-state index is -0.521. The maximum atomic E-state index is 13.0. The summed E-state index contributed by atoms with van der Waals surface area (Å²) in [6.07, 6.45) is 0. The molecule has 0 heterocycles. The van der Waals surface area contributed by atoms with E-state index < -0.39 is 17.8 Å². The van der Waals surface area contributed by atoms with Crippen molar-refractivity contribution in [1.29, 1.82) is 0 Å². The highest BCUT2D eigenvalue weighted by Crippen LogP contribution is 2.18. The van der Waals surface area contributed by atoms with Crippen LogP contribution in [0.3, 0.4) is 0 Å². The van der Waals surface area contributed by atoms with Gasteiger partial charge in [0.15, 0.2) is 0 Å². The van der Waals surface area contributed by atoms with Crippen molar-refractivity contribution in [2.24, 2.45) is 0 Å². The molecule has 0 aromatic heterocycles. The predicted octanol–water partition coefficient (Wildman–Crippen LogP) is 3.98. The second-order valence-electron chi connectivity index (χ2n) is 4.81. The molecule has 2 amide bonds. The van der Waals surface area contributed by atoms with Gasteiger partial charge in [-0.25, -0.2) is 14.0 Å². The molecule has 0 spiro atoms. The summed E-state index contributed by atoms with van der Waals surface area (Å²) in [6.45, 7) is 2.06. The Labute approximate surface area is 143 Å². The number of benzene rings is 2. The lowest BCUT2D eigenvalue weighted by molar-refractivity contribution is 0.0527. The molecule has 0 radical (unpaired) electrons. The van der Waals surface area contributed by atoms with E-state index in [2.05, 4.69) is 10.6 Å². The van der Waals surface area contributed by atoms with Gasteiger partial charge in [0.25, 0.3) is 0 Å². The van der Waals surface area contributed by atoms with Crippen LogP contribution >= 0.6 is 11.6 Å². The van der Waals surface area contributed by atoms with Gasteiger partial charge in [0, 0.05) is 11.6 Å². The third-order valence-corrected chi connectivity index (χ3v) is 3.48. The van der Waals surface area contributed by atoms with E-state index in [1.54, 1.807) is 31.2 Å². The molecule has 0 fully saturated rings. The molecule has 0 saturated heterocycles. The number of urea groups is 1. The summed E-state index contributed by atoms with van der Waals surface area (Å²) in [5, 5.41) is 5.40. The third kappa shape index (κ3) is 4.70. The Bertz CT molecular complexity index is 752. The lowest BCUT2D eigenvalue weighted by Crippen LogP contribution is -2.29. The van der Waals surface area contributed by atoms with Crippen molar-refractivity contribution in [3.8, 4) is 0 Å². The predicted molar refractivity (Wildman–Crippen MR) is 89.7 cm³/mol. The molecular weight excluding hydrogens is 335 g/mol. The maximum Gasteiger partial charge on any atom is 0.340 e. The van der Waals surface area contributed by atoms with E-state index in [0.717, 1.165) is 0 Å². The maximum absolute atomic E-state index is 13.0. The Balaban J connectivity index is 2.01. The minimum absolute atomic E-state index is 0.118. The number of rotatable bonds is 5. The average molecular weight is 351 g/mol. The number of nitrogens with one attached hydrogen (secondary N) is 2. The van der Waals surface area contributed by atoms with Gasteiger partial charge in [-0.15, -0.1) is 0 Å². The highest BCUT2D eigenvalue weighted by atomic mass is 35.5. The molecule has 0 saturated carbocycles. The molecule has 0 aliphatic rings. The molecule has 2 N–H and O–H groups in total. The van der Waals surface area contributed by atoms with E-state index in [9.17, 15) is 14.0 Å². The van der Waals surface area contributed by atoms with Crippen LogP contribution in [-0.2, 0) is 11.3 Å². The highest BCUT2D eigenvalue weighted by molar-refractivity contribution is 6.31. The Hall–Kier alpha value is -2.60. The average Bonchev–Trinajstić information content (AvgIpc) is 2.54.